The van der Waals surface area contributed by atoms with Gasteiger partial charge >= 0.3 is 5.97 Å². The number of amides is 2. The Kier molecular flexibility index (Phi) is 7.96. The number of terminal acetylenes is 1. The van der Waals surface area contributed by atoms with Crippen LogP contribution in [-0.4, -0.2) is 48.4 Å². The molecule has 0 aliphatic carbocycles. The van der Waals surface area contributed by atoms with Crippen LogP contribution >= 0.6 is 27.7 Å². The molecule has 7 nitrogen and oxygen atoms in total. The quantitative estimate of drug-likeness (QED) is 0.328. The SMILES string of the molecule is C#CCN1C(=O)SC(=Cc2cc(Br)c(OCC(=O)OCC)c(OCC)c2)C1=O. The summed E-state index contributed by atoms with van der Waals surface area (Å²) >= 11 is 4.21. The molecular weight excluding hydrogens is 450 g/mol. The van der Waals surface area contributed by atoms with Gasteiger partial charge in [-0.25, -0.2) is 4.79 Å². The lowest BCUT2D eigenvalue weighted by atomic mass is 10.2. The lowest BCUT2D eigenvalue weighted by Crippen LogP contribution is -2.28. The highest BCUT2D eigenvalue weighted by atomic mass is 79.9. The molecule has 0 bridgehead atoms. The average molecular weight is 468 g/mol. The molecule has 1 aromatic rings. The van der Waals surface area contributed by atoms with Crippen molar-refractivity contribution in [2.45, 2.75) is 13.8 Å². The summed E-state index contributed by atoms with van der Waals surface area (Å²) in [5.74, 6) is 2.08. The first kappa shape index (κ1) is 21.9. The molecule has 2 amide bonds. The molecule has 0 unspecified atom stereocenters. The summed E-state index contributed by atoms with van der Waals surface area (Å²) in [6, 6.07) is 3.35. The monoisotopic (exact) mass is 467 g/mol. The van der Waals surface area contributed by atoms with Gasteiger partial charge in [0.1, 0.15) is 0 Å². The average Bonchev–Trinajstić information content (AvgIpc) is 2.89. The Hall–Kier alpha value is -2.44. The summed E-state index contributed by atoms with van der Waals surface area (Å²) in [5, 5.41) is -0.410. The van der Waals surface area contributed by atoms with Crippen molar-refractivity contribution in [1.29, 1.82) is 0 Å². The number of carbonyl (C=O) groups excluding carboxylic acids is 3. The Morgan fingerprint density at radius 1 is 1.29 bits per heavy atom. The summed E-state index contributed by atoms with van der Waals surface area (Å²) in [5.41, 5.74) is 0.616. The summed E-state index contributed by atoms with van der Waals surface area (Å²) in [6.45, 7) is 3.80. The van der Waals surface area contributed by atoms with Crippen molar-refractivity contribution in [2.75, 3.05) is 26.4 Å². The zero-order valence-corrected chi connectivity index (χ0v) is 17.7. The smallest absolute Gasteiger partial charge is 0.344 e. The van der Waals surface area contributed by atoms with E-state index < -0.39 is 17.1 Å². The molecule has 1 fully saturated rings. The number of hydrogen-bond acceptors (Lipinski definition) is 7. The van der Waals surface area contributed by atoms with Crippen molar-refractivity contribution < 1.29 is 28.6 Å². The zero-order chi connectivity index (χ0) is 20.7. The van der Waals surface area contributed by atoms with E-state index in [1.54, 1.807) is 32.1 Å². The van der Waals surface area contributed by atoms with Crippen LogP contribution in [0.5, 0.6) is 11.5 Å². The van der Waals surface area contributed by atoms with Crippen LogP contribution in [0, 0.1) is 12.3 Å². The van der Waals surface area contributed by atoms with E-state index in [1.807, 2.05) is 0 Å². The van der Waals surface area contributed by atoms with Crippen LogP contribution in [0.1, 0.15) is 19.4 Å². The van der Waals surface area contributed by atoms with E-state index in [0.29, 0.717) is 28.1 Å². The van der Waals surface area contributed by atoms with Crippen molar-refractivity contribution in [1.82, 2.24) is 4.90 Å². The number of ether oxygens (including phenoxy) is 3. The highest BCUT2D eigenvalue weighted by molar-refractivity contribution is 9.10. The Balaban J connectivity index is 2.29. The van der Waals surface area contributed by atoms with Gasteiger partial charge in [-0.1, -0.05) is 5.92 Å². The van der Waals surface area contributed by atoms with Crippen LogP contribution in [-0.2, 0) is 14.3 Å². The number of benzene rings is 1. The number of rotatable bonds is 8. The Labute approximate surface area is 175 Å². The van der Waals surface area contributed by atoms with Gasteiger partial charge in [0.2, 0.25) is 0 Å². The molecule has 0 aromatic heterocycles. The predicted molar refractivity (Wildman–Crippen MR) is 109 cm³/mol. The summed E-state index contributed by atoms with van der Waals surface area (Å²) in [6.07, 6.45) is 6.77. The fourth-order valence-electron chi connectivity index (χ4n) is 2.29. The fraction of sp³-hybridized carbons (Fsp3) is 0.316. The van der Waals surface area contributed by atoms with E-state index in [-0.39, 0.29) is 24.7 Å². The van der Waals surface area contributed by atoms with Crippen LogP contribution in [0.3, 0.4) is 0 Å². The standard InChI is InChI=1S/C19H18BrNO6S/c1-4-7-21-18(23)15(28-19(21)24)10-12-8-13(20)17(14(9-12)25-5-2)27-11-16(22)26-6-3/h1,8-10H,5-7,11H2,2-3H3. The molecule has 0 radical (unpaired) electrons. The van der Waals surface area contributed by atoms with Crippen molar-refractivity contribution in [3.05, 3.63) is 27.1 Å². The highest BCUT2D eigenvalue weighted by Gasteiger charge is 2.34. The summed E-state index contributed by atoms with van der Waals surface area (Å²) in [7, 11) is 0. The van der Waals surface area contributed by atoms with Gasteiger partial charge in [-0.05, 0) is 65.3 Å². The second-order valence-electron chi connectivity index (χ2n) is 5.33. The second kappa shape index (κ2) is 10.2. The lowest BCUT2D eigenvalue weighted by molar-refractivity contribution is -0.145. The molecule has 9 heteroatoms. The van der Waals surface area contributed by atoms with Gasteiger partial charge in [-0.3, -0.25) is 14.5 Å². The van der Waals surface area contributed by atoms with Crippen molar-refractivity contribution in [3.8, 4) is 23.8 Å². The number of nitrogens with zero attached hydrogens (tertiary/aromatic N) is 1. The van der Waals surface area contributed by atoms with E-state index in [4.69, 9.17) is 20.6 Å². The third kappa shape index (κ3) is 5.30. The number of halogens is 1. The van der Waals surface area contributed by atoms with Gasteiger partial charge in [0, 0.05) is 0 Å². The minimum absolute atomic E-state index is 0.0729. The van der Waals surface area contributed by atoms with Crippen LogP contribution in [0.4, 0.5) is 4.79 Å². The maximum Gasteiger partial charge on any atom is 0.344 e. The molecule has 1 aliphatic heterocycles. The highest BCUT2D eigenvalue weighted by Crippen LogP contribution is 2.39. The summed E-state index contributed by atoms with van der Waals surface area (Å²) < 4.78 is 16.5. The first-order valence-electron chi connectivity index (χ1n) is 8.34. The van der Waals surface area contributed by atoms with Crippen molar-refractivity contribution >= 4 is 50.9 Å². The zero-order valence-electron chi connectivity index (χ0n) is 15.3. The van der Waals surface area contributed by atoms with Crippen molar-refractivity contribution in [2.24, 2.45) is 0 Å². The number of esters is 1. The van der Waals surface area contributed by atoms with E-state index in [0.717, 1.165) is 16.7 Å². The minimum atomic E-state index is -0.497. The van der Waals surface area contributed by atoms with Gasteiger partial charge in [0.05, 0.1) is 29.1 Å². The molecule has 1 aromatic carbocycles. The number of thioether (sulfide) groups is 1. The van der Waals surface area contributed by atoms with Crippen LogP contribution in [0.25, 0.3) is 6.08 Å². The summed E-state index contributed by atoms with van der Waals surface area (Å²) in [4.78, 5) is 37.0. The fourth-order valence-corrected chi connectivity index (χ4v) is 3.70. The molecule has 1 heterocycles. The maximum atomic E-state index is 12.3. The van der Waals surface area contributed by atoms with Crippen molar-refractivity contribution in [3.63, 3.8) is 0 Å². The largest absolute Gasteiger partial charge is 0.490 e. The van der Waals surface area contributed by atoms with Crippen LogP contribution in [0.2, 0.25) is 0 Å². The van der Waals surface area contributed by atoms with Gasteiger partial charge in [0.15, 0.2) is 18.1 Å². The first-order valence-corrected chi connectivity index (χ1v) is 9.95. The van der Waals surface area contributed by atoms with Crippen LogP contribution in [0.15, 0.2) is 21.5 Å². The van der Waals surface area contributed by atoms with Gasteiger partial charge in [-0.2, -0.15) is 0 Å². The Bertz CT molecular complexity index is 861. The molecule has 2 rings (SSSR count). The van der Waals surface area contributed by atoms with E-state index in [1.165, 1.54) is 0 Å². The molecule has 0 N–H and O–H groups in total. The Morgan fingerprint density at radius 3 is 2.68 bits per heavy atom. The molecule has 1 saturated heterocycles. The molecular formula is C19H18BrNO6S. The molecule has 0 spiro atoms. The topological polar surface area (TPSA) is 82.1 Å². The van der Waals surface area contributed by atoms with Crippen LogP contribution < -0.4 is 9.47 Å². The number of hydrogen-bond donors (Lipinski definition) is 0. The molecule has 0 saturated carbocycles. The van der Waals surface area contributed by atoms with E-state index in [2.05, 4.69) is 21.9 Å². The molecule has 0 atom stereocenters. The molecule has 148 valence electrons. The molecule has 1 aliphatic rings. The number of imide groups is 1. The van der Waals surface area contributed by atoms with Gasteiger partial charge in [-0.15, -0.1) is 6.42 Å². The maximum absolute atomic E-state index is 12.3. The third-order valence-corrected chi connectivity index (χ3v) is 4.89. The molecule has 28 heavy (non-hydrogen) atoms. The minimum Gasteiger partial charge on any atom is -0.490 e. The first-order chi connectivity index (χ1) is 13.4. The lowest BCUT2D eigenvalue weighted by Gasteiger charge is -2.14. The third-order valence-electron chi connectivity index (χ3n) is 3.39. The van der Waals surface area contributed by atoms with E-state index in [9.17, 15) is 14.4 Å². The second-order valence-corrected chi connectivity index (χ2v) is 7.18. The normalized spacial score (nSPS) is 14.9. The van der Waals surface area contributed by atoms with E-state index >= 15 is 0 Å². The Morgan fingerprint density at radius 2 is 2.04 bits per heavy atom. The number of carbonyl (C=O) groups is 3. The van der Waals surface area contributed by atoms with Gasteiger partial charge in [0.25, 0.3) is 11.1 Å². The van der Waals surface area contributed by atoms with Gasteiger partial charge < -0.3 is 14.2 Å². The predicted octanol–water partition coefficient (Wildman–Crippen LogP) is 3.46.